The number of hydrogen-bond donors (Lipinski definition) is 0. The maximum Gasteiger partial charge on any atom is 0.303 e. The summed E-state index contributed by atoms with van der Waals surface area (Å²) in [5.41, 5.74) is -0.293. The molecule has 0 unspecified atom stereocenters. The third-order valence-corrected chi connectivity index (χ3v) is 6.85. The zero-order chi connectivity index (χ0) is 21.6. The lowest BCUT2D eigenvalue weighted by Gasteiger charge is -2.30. The quantitative estimate of drug-likeness (QED) is 0.224. The molecule has 3 heteroatoms. The molecule has 0 aromatic rings. The van der Waals surface area contributed by atoms with Crippen LogP contribution in [0.15, 0.2) is 0 Å². The average molecular weight is 415 g/mol. The van der Waals surface area contributed by atoms with Gasteiger partial charge in [-0.3, -0.25) is 4.79 Å². The molecule has 0 spiro atoms. The molecule has 2 nitrogen and oxygen atoms in total. The van der Waals surface area contributed by atoms with E-state index < -0.39 is 0 Å². The highest BCUT2D eigenvalue weighted by Gasteiger charge is 2.27. The first-order chi connectivity index (χ1) is 13.0. The molecule has 0 bridgehead atoms. The van der Waals surface area contributed by atoms with Gasteiger partial charge in [-0.2, -0.15) is 11.8 Å². The van der Waals surface area contributed by atoms with E-state index in [2.05, 4.69) is 48.5 Å². The average Bonchev–Trinajstić information content (AvgIpc) is 2.53. The molecule has 0 aliphatic rings. The molecule has 0 N–H and O–H groups in total. The van der Waals surface area contributed by atoms with Crippen molar-refractivity contribution in [3.63, 3.8) is 0 Å². The number of esters is 1. The zero-order valence-corrected chi connectivity index (χ0v) is 21.1. The van der Waals surface area contributed by atoms with Crippen LogP contribution in [0.2, 0.25) is 0 Å². The Balaban J connectivity index is 4.05. The molecule has 28 heavy (non-hydrogen) atoms. The van der Waals surface area contributed by atoms with E-state index in [1.54, 1.807) is 6.92 Å². The summed E-state index contributed by atoms with van der Waals surface area (Å²) in [6, 6.07) is 0. The van der Waals surface area contributed by atoms with E-state index in [0.717, 1.165) is 42.8 Å². The highest BCUT2D eigenvalue weighted by Crippen LogP contribution is 2.28. The van der Waals surface area contributed by atoms with Crippen LogP contribution in [0, 0.1) is 17.8 Å². The lowest BCUT2D eigenvalue weighted by molar-refractivity contribution is -0.156. The van der Waals surface area contributed by atoms with Crippen molar-refractivity contribution in [2.45, 2.75) is 130 Å². The summed E-state index contributed by atoms with van der Waals surface area (Å²) >= 11 is 1.95. The standard InChI is InChI=1S/C25H50O2S/c1-20(2)12-9-13-22(5)14-10-15-23(6)16-11-17-25(8,27-24(7)26)18-19-28-21(3)4/h20-23H,9-19H2,1-8H3/t22-,23-,25-/m1/s1. The minimum absolute atomic E-state index is 0.142. The molecule has 0 rings (SSSR count). The Morgan fingerprint density at radius 1 is 0.821 bits per heavy atom. The SMILES string of the molecule is CC(=O)O[C@](C)(CCC[C@H](C)CCC[C@H](C)CCCC(C)C)CCSC(C)C. The van der Waals surface area contributed by atoms with Crippen LogP contribution in [-0.4, -0.2) is 22.6 Å². The van der Waals surface area contributed by atoms with Crippen LogP contribution in [0.5, 0.6) is 0 Å². The number of carbonyl (C=O) groups is 1. The van der Waals surface area contributed by atoms with Gasteiger partial charge in [0.05, 0.1) is 0 Å². The number of thioether (sulfide) groups is 1. The fourth-order valence-corrected chi connectivity index (χ4v) is 4.91. The van der Waals surface area contributed by atoms with Crippen LogP contribution < -0.4 is 0 Å². The second-order valence-corrected chi connectivity index (χ2v) is 11.8. The predicted molar refractivity (Wildman–Crippen MR) is 127 cm³/mol. The van der Waals surface area contributed by atoms with Crippen LogP contribution in [0.25, 0.3) is 0 Å². The van der Waals surface area contributed by atoms with Gasteiger partial charge < -0.3 is 4.74 Å². The first-order valence-corrected chi connectivity index (χ1v) is 12.9. The van der Waals surface area contributed by atoms with E-state index in [1.807, 2.05) is 11.8 Å². The molecule has 3 atom stereocenters. The highest BCUT2D eigenvalue weighted by molar-refractivity contribution is 7.99. The van der Waals surface area contributed by atoms with Crippen molar-refractivity contribution in [2.24, 2.45) is 17.8 Å². The highest BCUT2D eigenvalue weighted by atomic mass is 32.2. The normalized spacial score (nSPS) is 16.2. The van der Waals surface area contributed by atoms with Gasteiger partial charge >= 0.3 is 5.97 Å². The van der Waals surface area contributed by atoms with Crippen molar-refractivity contribution in [1.29, 1.82) is 0 Å². The Labute approximate surface area is 181 Å². The number of carbonyl (C=O) groups excluding carboxylic acids is 1. The molecule has 0 saturated heterocycles. The van der Waals surface area contributed by atoms with Crippen LogP contribution in [-0.2, 0) is 9.53 Å². The predicted octanol–water partition coefficient (Wildman–Crippen LogP) is 8.28. The Hall–Kier alpha value is -0.180. The van der Waals surface area contributed by atoms with E-state index in [4.69, 9.17) is 4.74 Å². The number of rotatable bonds is 17. The molecule has 168 valence electrons. The molecular formula is C25H50O2S. The second kappa shape index (κ2) is 15.6. The van der Waals surface area contributed by atoms with E-state index in [0.29, 0.717) is 5.25 Å². The van der Waals surface area contributed by atoms with Crippen molar-refractivity contribution in [1.82, 2.24) is 0 Å². The fourth-order valence-electron chi connectivity index (χ4n) is 3.89. The molecule has 0 amide bonds. The van der Waals surface area contributed by atoms with Gasteiger partial charge in [-0.1, -0.05) is 86.5 Å². The topological polar surface area (TPSA) is 26.3 Å². The van der Waals surface area contributed by atoms with Gasteiger partial charge in [0.2, 0.25) is 0 Å². The van der Waals surface area contributed by atoms with E-state index in [-0.39, 0.29) is 11.6 Å². The van der Waals surface area contributed by atoms with Crippen molar-refractivity contribution >= 4 is 17.7 Å². The van der Waals surface area contributed by atoms with Gasteiger partial charge in [-0.05, 0) is 54.9 Å². The van der Waals surface area contributed by atoms with E-state index >= 15 is 0 Å². The smallest absolute Gasteiger partial charge is 0.303 e. The third kappa shape index (κ3) is 16.7. The van der Waals surface area contributed by atoms with Crippen LogP contribution in [0.4, 0.5) is 0 Å². The fraction of sp³-hybridized carbons (Fsp3) is 0.960. The van der Waals surface area contributed by atoms with Crippen molar-refractivity contribution in [3.8, 4) is 0 Å². The van der Waals surface area contributed by atoms with Gasteiger partial charge in [-0.25, -0.2) is 0 Å². The molecule has 0 aromatic heterocycles. The minimum Gasteiger partial charge on any atom is -0.460 e. The van der Waals surface area contributed by atoms with Crippen LogP contribution in [0.1, 0.15) is 120 Å². The number of hydrogen-bond acceptors (Lipinski definition) is 3. The number of ether oxygens (including phenoxy) is 1. The Morgan fingerprint density at radius 2 is 1.32 bits per heavy atom. The first-order valence-electron chi connectivity index (χ1n) is 11.8. The third-order valence-electron chi connectivity index (χ3n) is 5.75. The largest absolute Gasteiger partial charge is 0.460 e. The van der Waals surface area contributed by atoms with Crippen molar-refractivity contribution in [3.05, 3.63) is 0 Å². The summed E-state index contributed by atoms with van der Waals surface area (Å²) in [6.45, 7) is 17.6. The van der Waals surface area contributed by atoms with Crippen LogP contribution in [0.3, 0.4) is 0 Å². The molecule has 0 aliphatic carbocycles. The lowest BCUT2D eigenvalue weighted by Crippen LogP contribution is -2.32. The van der Waals surface area contributed by atoms with Crippen LogP contribution >= 0.6 is 11.8 Å². The van der Waals surface area contributed by atoms with Gasteiger partial charge in [0.25, 0.3) is 0 Å². The molecule has 0 aliphatic heterocycles. The zero-order valence-electron chi connectivity index (χ0n) is 20.3. The summed E-state index contributed by atoms with van der Waals surface area (Å²) < 4.78 is 5.72. The molecule has 0 heterocycles. The summed E-state index contributed by atoms with van der Waals surface area (Å²) in [6.07, 6.45) is 12.6. The minimum atomic E-state index is -0.293. The first kappa shape index (κ1) is 27.8. The summed E-state index contributed by atoms with van der Waals surface area (Å²) in [7, 11) is 0. The maximum absolute atomic E-state index is 11.5. The maximum atomic E-state index is 11.5. The summed E-state index contributed by atoms with van der Waals surface area (Å²) in [4.78, 5) is 11.5. The Kier molecular flexibility index (Phi) is 15.5. The van der Waals surface area contributed by atoms with Gasteiger partial charge in [0.1, 0.15) is 5.60 Å². The van der Waals surface area contributed by atoms with Gasteiger partial charge in [0.15, 0.2) is 0 Å². The van der Waals surface area contributed by atoms with Gasteiger partial charge in [0, 0.05) is 6.92 Å². The molecule has 0 aromatic carbocycles. The molecule has 0 radical (unpaired) electrons. The van der Waals surface area contributed by atoms with Crippen molar-refractivity contribution < 1.29 is 9.53 Å². The molecule has 0 fully saturated rings. The van der Waals surface area contributed by atoms with E-state index in [1.165, 1.54) is 44.9 Å². The lowest BCUT2D eigenvalue weighted by atomic mass is 9.89. The Morgan fingerprint density at radius 3 is 1.79 bits per heavy atom. The molecule has 0 saturated carbocycles. The monoisotopic (exact) mass is 414 g/mol. The van der Waals surface area contributed by atoms with Gasteiger partial charge in [-0.15, -0.1) is 0 Å². The molecular weight excluding hydrogens is 364 g/mol. The summed E-state index contributed by atoms with van der Waals surface area (Å²) in [5.74, 6) is 3.41. The van der Waals surface area contributed by atoms with E-state index in [9.17, 15) is 4.79 Å². The second-order valence-electron chi connectivity index (χ2n) is 10.1. The van der Waals surface area contributed by atoms with Crippen molar-refractivity contribution in [2.75, 3.05) is 5.75 Å². The Bertz CT molecular complexity index is 394. The summed E-state index contributed by atoms with van der Waals surface area (Å²) in [5, 5.41) is 0.634.